The minimum absolute atomic E-state index is 0.225. The first-order chi connectivity index (χ1) is 18.7. The quantitative estimate of drug-likeness (QED) is 0.484. The van der Waals surface area contributed by atoms with Crippen LogP contribution in [-0.2, 0) is 24.3 Å². The number of aryl methyl sites for hydroxylation is 2. The number of aromatic nitrogens is 4. The maximum absolute atomic E-state index is 13.0. The number of rotatable bonds is 6. The fourth-order valence-corrected chi connectivity index (χ4v) is 6.00. The highest BCUT2D eigenvalue weighted by molar-refractivity contribution is 5.76. The second-order valence-electron chi connectivity index (χ2n) is 10.9. The fourth-order valence-electron chi connectivity index (χ4n) is 6.00. The van der Waals surface area contributed by atoms with Crippen molar-refractivity contribution >= 4 is 5.91 Å². The number of nitrogens with zero attached hydrogens (tertiary/aromatic N) is 6. The molecule has 4 heterocycles. The molecule has 0 radical (unpaired) electrons. The van der Waals surface area contributed by atoms with Crippen molar-refractivity contribution < 1.29 is 9.53 Å². The number of ether oxygens (including phenoxy) is 1. The molecule has 0 saturated carbocycles. The zero-order valence-corrected chi connectivity index (χ0v) is 22.4. The minimum Gasteiger partial charge on any atom is -0.492 e. The van der Waals surface area contributed by atoms with E-state index in [-0.39, 0.29) is 11.3 Å². The predicted molar refractivity (Wildman–Crippen MR) is 147 cm³/mol. The molecule has 1 saturated heterocycles. The lowest BCUT2D eigenvalue weighted by atomic mass is 9.73. The number of carbonyl (C=O) groups is 1. The molecule has 38 heavy (non-hydrogen) atoms. The summed E-state index contributed by atoms with van der Waals surface area (Å²) < 4.78 is 8.09. The lowest BCUT2D eigenvalue weighted by Crippen LogP contribution is -2.48. The standard InChI is InChI=1S/C30H40N6O2/c37-29(9-5-17-36-25-32-24-33-36)35-18-13-30(14-19-35)12-4-3-7-27-6-1-2-8-28(27)38-21-20-34(23-30)22-26-10-15-31-16-11-26/h1-2,6,8,10-11,15-16,24-25H,3-5,7,9,12-14,17-23H2. The van der Waals surface area contributed by atoms with Gasteiger partial charge in [-0.2, -0.15) is 5.10 Å². The average Bonchev–Trinajstić information content (AvgIpc) is 3.46. The Labute approximate surface area is 226 Å². The van der Waals surface area contributed by atoms with Gasteiger partial charge in [0.25, 0.3) is 0 Å². The van der Waals surface area contributed by atoms with E-state index in [1.807, 2.05) is 12.4 Å². The summed E-state index contributed by atoms with van der Waals surface area (Å²) in [6.07, 6.45) is 15.1. The summed E-state index contributed by atoms with van der Waals surface area (Å²) in [5.41, 5.74) is 2.82. The molecule has 202 valence electrons. The first-order valence-corrected chi connectivity index (χ1v) is 14.1. The third-order valence-electron chi connectivity index (χ3n) is 8.18. The van der Waals surface area contributed by atoms with Gasteiger partial charge in [-0.3, -0.25) is 19.4 Å². The molecule has 0 bridgehead atoms. The second-order valence-corrected chi connectivity index (χ2v) is 10.9. The van der Waals surface area contributed by atoms with Gasteiger partial charge in [-0.15, -0.1) is 0 Å². The Bertz CT molecular complexity index is 1130. The molecular weight excluding hydrogens is 476 g/mol. The summed E-state index contributed by atoms with van der Waals surface area (Å²) in [6.45, 7) is 5.92. The van der Waals surface area contributed by atoms with E-state index in [0.717, 1.165) is 77.1 Å². The number of pyridine rings is 1. The van der Waals surface area contributed by atoms with Crippen LogP contribution in [0.25, 0.3) is 0 Å². The van der Waals surface area contributed by atoms with Crippen LogP contribution in [0.1, 0.15) is 56.1 Å². The van der Waals surface area contributed by atoms with Crippen LogP contribution in [0.15, 0.2) is 61.4 Å². The maximum atomic E-state index is 13.0. The van der Waals surface area contributed by atoms with Gasteiger partial charge in [0.2, 0.25) is 5.91 Å². The van der Waals surface area contributed by atoms with Gasteiger partial charge >= 0.3 is 0 Å². The van der Waals surface area contributed by atoms with Gasteiger partial charge in [-0.1, -0.05) is 24.6 Å². The van der Waals surface area contributed by atoms with Crippen molar-refractivity contribution in [1.82, 2.24) is 29.5 Å². The van der Waals surface area contributed by atoms with Crippen LogP contribution in [0, 0.1) is 5.41 Å². The van der Waals surface area contributed by atoms with Crippen LogP contribution in [0.3, 0.4) is 0 Å². The van der Waals surface area contributed by atoms with E-state index in [0.29, 0.717) is 13.0 Å². The number of fused-ring (bicyclic) bond motifs is 1. The van der Waals surface area contributed by atoms with Gasteiger partial charge in [0.15, 0.2) is 0 Å². The molecule has 2 aliphatic rings. The maximum Gasteiger partial charge on any atom is 0.222 e. The number of likely N-dealkylation sites (tertiary alicyclic amines) is 1. The van der Waals surface area contributed by atoms with Gasteiger partial charge in [-0.05, 0) is 73.3 Å². The molecule has 0 N–H and O–H groups in total. The summed E-state index contributed by atoms with van der Waals surface area (Å²) in [5, 5.41) is 4.14. The van der Waals surface area contributed by atoms with Crippen LogP contribution in [0.5, 0.6) is 5.75 Å². The Morgan fingerprint density at radius 2 is 1.82 bits per heavy atom. The molecule has 1 spiro atoms. The first-order valence-electron chi connectivity index (χ1n) is 14.1. The molecule has 1 amide bonds. The summed E-state index contributed by atoms with van der Waals surface area (Å²) in [4.78, 5) is 25.8. The Hall–Kier alpha value is -3.26. The van der Waals surface area contributed by atoms with Gasteiger partial charge in [0, 0.05) is 58.1 Å². The minimum atomic E-state index is 0.225. The van der Waals surface area contributed by atoms with E-state index >= 15 is 0 Å². The number of carbonyl (C=O) groups excluding carboxylic acids is 1. The van der Waals surface area contributed by atoms with Gasteiger partial charge < -0.3 is 9.64 Å². The van der Waals surface area contributed by atoms with E-state index in [4.69, 9.17) is 4.74 Å². The number of para-hydroxylation sites is 1. The van der Waals surface area contributed by atoms with E-state index in [9.17, 15) is 4.79 Å². The molecule has 0 atom stereocenters. The zero-order chi connectivity index (χ0) is 26.0. The second kappa shape index (κ2) is 13.0. The molecule has 3 aromatic rings. The van der Waals surface area contributed by atoms with Crippen molar-refractivity contribution in [2.75, 3.05) is 32.8 Å². The summed E-state index contributed by atoms with van der Waals surface area (Å²) in [6, 6.07) is 12.7. The summed E-state index contributed by atoms with van der Waals surface area (Å²) >= 11 is 0. The highest BCUT2D eigenvalue weighted by Crippen LogP contribution is 2.39. The number of piperidine rings is 1. The number of benzene rings is 1. The highest BCUT2D eigenvalue weighted by Gasteiger charge is 2.37. The Kier molecular flexibility index (Phi) is 9.02. The monoisotopic (exact) mass is 516 g/mol. The largest absolute Gasteiger partial charge is 0.492 e. The molecule has 2 aromatic heterocycles. The zero-order valence-electron chi connectivity index (χ0n) is 22.4. The number of hydrogen-bond donors (Lipinski definition) is 0. The molecule has 2 aliphatic heterocycles. The fraction of sp³-hybridized carbons (Fsp3) is 0.533. The molecular formula is C30H40N6O2. The number of hydrogen-bond acceptors (Lipinski definition) is 6. The van der Waals surface area contributed by atoms with Crippen LogP contribution in [0.4, 0.5) is 0 Å². The molecule has 0 aliphatic carbocycles. The lowest BCUT2D eigenvalue weighted by Gasteiger charge is -2.45. The Morgan fingerprint density at radius 1 is 0.974 bits per heavy atom. The van der Waals surface area contributed by atoms with Crippen molar-refractivity contribution in [3.05, 3.63) is 72.6 Å². The Balaban J connectivity index is 1.24. The Morgan fingerprint density at radius 3 is 2.63 bits per heavy atom. The third kappa shape index (κ3) is 7.19. The highest BCUT2D eigenvalue weighted by atomic mass is 16.5. The topological polar surface area (TPSA) is 76.4 Å². The molecule has 8 heteroatoms. The third-order valence-corrected chi connectivity index (χ3v) is 8.18. The molecule has 8 nitrogen and oxygen atoms in total. The normalized spacial score (nSPS) is 18.7. The van der Waals surface area contributed by atoms with Crippen molar-refractivity contribution in [2.45, 2.75) is 64.5 Å². The van der Waals surface area contributed by atoms with Crippen molar-refractivity contribution in [2.24, 2.45) is 5.41 Å². The first kappa shape index (κ1) is 26.4. The average molecular weight is 517 g/mol. The lowest BCUT2D eigenvalue weighted by molar-refractivity contribution is -0.134. The smallest absolute Gasteiger partial charge is 0.222 e. The van der Waals surface area contributed by atoms with E-state index in [1.165, 1.54) is 30.3 Å². The van der Waals surface area contributed by atoms with Crippen molar-refractivity contribution in [3.63, 3.8) is 0 Å². The molecule has 1 aromatic carbocycles. The van der Waals surface area contributed by atoms with Crippen LogP contribution < -0.4 is 4.74 Å². The van der Waals surface area contributed by atoms with Gasteiger partial charge in [0.1, 0.15) is 25.0 Å². The van der Waals surface area contributed by atoms with Gasteiger partial charge in [-0.25, -0.2) is 4.98 Å². The summed E-state index contributed by atoms with van der Waals surface area (Å²) in [7, 11) is 0. The van der Waals surface area contributed by atoms with Crippen LogP contribution in [0.2, 0.25) is 0 Å². The molecule has 5 rings (SSSR count). The predicted octanol–water partition coefficient (Wildman–Crippen LogP) is 4.37. The summed E-state index contributed by atoms with van der Waals surface area (Å²) in [5.74, 6) is 1.30. The van der Waals surface area contributed by atoms with Crippen molar-refractivity contribution in [3.8, 4) is 5.75 Å². The molecule has 1 fully saturated rings. The molecule has 0 unspecified atom stereocenters. The van der Waals surface area contributed by atoms with Crippen LogP contribution in [-0.4, -0.2) is 68.2 Å². The van der Waals surface area contributed by atoms with E-state index in [1.54, 1.807) is 11.0 Å². The van der Waals surface area contributed by atoms with Crippen molar-refractivity contribution in [1.29, 1.82) is 0 Å². The van der Waals surface area contributed by atoms with E-state index < -0.39 is 0 Å². The SMILES string of the molecule is O=C(CCCn1cncn1)N1CCC2(CCCCc3ccccc3OCCN(Cc3ccncc3)C2)CC1. The van der Waals surface area contributed by atoms with E-state index in [2.05, 4.69) is 61.3 Å². The number of amides is 1. The van der Waals surface area contributed by atoms with Crippen LogP contribution >= 0.6 is 0 Å². The van der Waals surface area contributed by atoms with Gasteiger partial charge in [0.05, 0.1) is 0 Å².